The minimum atomic E-state index is -0.896. The van der Waals surface area contributed by atoms with Gasteiger partial charge in [0.05, 0.1) is 50.9 Å². The van der Waals surface area contributed by atoms with Gasteiger partial charge >= 0.3 is 0 Å². The van der Waals surface area contributed by atoms with Crippen molar-refractivity contribution >= 4 is 52.4 Å². The maximum Gasteiger partial charge on any atom is 0.253 e. The van der Waals surface area contributed by atoms with Crippen molar-refractivity contribution in [3.8, 4) is 22.3 Å². The Kier molecular flexibility index (Phi) is 16.5. The van der Waals surface area contributed by atoms with Crippen LogP contribution in [-0.2, 0) is 14.4 Å². The maximum atomic E-state index is 14.3. The number of carbonyl (C=O) groups is 4. The number of nitrogens with one attached hydrogen (secondary N) is 3. The molecule has 4 aliphatic rings. The Bertz CT molecular complexity index is 2690. The fourth-order valence-corrected chi connectivity index (χ4v) is 12.8. The number of carbonyl (C=O) groups excluding carboxylic acids is 4. The normalized spacial score (nSPS) is 23.0. The van der Waals surface area contributed by atoms with Crippen molar-refractivity contribution < 1.29 is 29.0 Å². The van der Waals surface area contributed by atoms with Crippen LogP contribution < -0.4 is 25.6 Å². The number of nitrogens with zero attached hydrogens (tertiary/aromatic N) is 7. The molecule has 0 spiro atoms. The van der Waals surface area contributed by atoms with Gasteiger partial charge in [0.25, 0.3) is 5.91 Å². The van der Waals surface area contributed by atoms with Crippen molar-refractivity contribution in [2.24, 2.45) is 22.2 Å². The number of benzene rings is 2. The molecule has 4 atom stereocenters. The molecule has 1 unspecified atom stereocenters. The monoisotopic (exact) mass is 1050 g/mol. The molecule has 1 saturated carbocycles. The molecule has 2 aromatic heterocycles. The molecule has 0 bridgehead atoms. The number of aryl methyl sites for hydroxylation is 1. The van der Waals surface area contributed by atoms with Gasteiger partial charge in [0.1, 0.15) is 35.8 Å². The highest BCUT2D eigenvalue weighted by Crippen LogP contribution is 2.55. The van der Waals surface area contributed by atoms with Gasteiger partial charge in [-0.1, -0.05) is 84.3 Å². The molecule has 16 nitrogen and oxygen atoms in total. The number of piperazine rings is 1. The fourth-order valence-electron chi connectivity index (χ4n) is 11.8. The van der Waals surface area contributed by atoms with Crippen LogP contribution in [-0.4, -0.2) is 143 Å². The summed E-state index contributed by atoms with van der Waals surface area (Å²) in [4.78, 5) is 73.8. The topological polar surface area (TPSA) is 196 Å². The van der Waals surface area contributed by atoms with E-state index in [4.69, 9.17) is 21.3 Å². The highest BCUT2D eigenvalue weighted by Gasteiger charge is 2.64. The van der Waals surface area contributed by atoms with Crippen LogP contribution in [0.2, 0.25) is 5.02 Å². The summed E-state index contributed by atoms with van der Waals surface area (Å²) >= 11 is 7.85. The molecule has 2 aromatic carbocycles. The molecule has 3 saturated heterocycles. The molecular formula is C56H73ClN10O6S. The third kappa shape index (κ3) is 12.1. The van der Waals surface area contributed by atoms with Crippen molar-refractivity contribution in [3.05, 3.63) is 93.7 Å². The Balaban J connectivity index is 0.758. The smallest absolute Gasteiger partial charge is 0.253 e. The number of aliphatic hydroxyl groups excluding tert-OH is 1. The number of β-amino-alcohol motifs (C(OH)–C–C–N with tert-alkyl or cyclic N) is 1. The lowest BCUT2D eigenvalue weighted by Gasteiger charge is -2.63. The summed E-state index contributed by atoms with van der Waals surface area (Å²) < 4.78 is 6.39. The quantitative estimate of drug-likeness (QED) is 0.0968. The SMILES string of the molecule is Cc1ncsc1-c1ccc([C@H](C)NC(=O)[C@@H]2C[C@@H](O)CN2C(=O)C(NC(=O)CN2CCN(CC3CCN(c4ccc(C(=O)NC5C(C)(C)C(Oc6ccc(C#N)c(Cl)c6)C5(C)C)cn4)CC3)CC2)C(C)(C)C)cc1. The number of piperidine rings is 1. The zero-order valence-corrected chi connectivity index (χ0v) is 45.9. The second kappa shape index (κ2) is 22.3. The van der Waals surface area contributed by atoms with E-state index in [0.29, 0.717) is 27.8 Å². The van der Waals surface area contributed by atoms with Crippen molar-refractivity contribution in [2.45, 2.75) is 118 Å². The first kappa shape index (κ1) is 54.6. The summed E-state index contributed by atoms with van der Waals surface area (Å²) in [6.07, 6.45) is 2.77. The summed E-state index contributed by atoms with van der Waals surface area (Å²) in [6.45, 7) is 23.9. The van der Waals surface area contributed by atoms with E-state index in [2.05, 4.69) is 69.4 Å². The first-order chi connectivity index (χ1) is 35.0. The first-order valence-corrected chi connectivity index (χ1v) is 27.2. The molecule has 1 aliphatic carbocycles. The highest BCUT2D eigenvalue weighted by atomic mass is 35.5. The number of halogens is 1. The number of likely N-dealkylation sites (tertiary alicyclic amines) is 1. The largest absolute Gasteiger partial charge is 0.489 e. The third-order valence-electron chi connectivity index (χ3n) is 15.8. The standard InChI is InChI=1S/C56H73ClN10O6S/c1-34(37-10-12-38(13-11-37)47-35(2)60-33-74-47)61-50(71)44-26-41(68)31-67(44)51(72)48(54(3,4)5)62-46(69)32-65-24-22-64(23-25-65)30-36-18-20-66(21-19-36)45-17-15-40(29-59-45)49(70)63-52-55(6,7)53(56(52,8)9)73-42-16-14-39(28-58)43(57)27-42/h10-17,27,29,33-34,36,41,44,48,52-53,68H,18-26,30-32H2,1-9H3,(H,61,71)(H,62,69)(H,63,70)/t34-,41+,44-,48?,52?,53?/m0/s1. The average molecular weight is 1050 g/mol. The molecule has 18 heteroatoms. The average Bonchev–Trinajstić information content (AvgIpc) is 3.99. The Morgan fingerprint density at radius 3 is 2.20 bits per heavy atom. The van der Waals surface area contributed by atoms with E-state index in [0.717, 1.165) is 86.2 Å². The van der Waals surface area contributed by atoms with E-state index in [9.17, 15) is 29.5 Å². The van der Waals surface area contributed by atoms with Gasteiger partial charge in [-0.15, -0.1) is 11.3 Å². The van der Waals surface area contributed by atoms with Crippen LogP contribution in [0.25, 0.3) is 10.4 Å². The van der Waals surface area contributed by atoms with Crippen LogP contribution in [0.5, 0.6) is 5.75 Å². The van der Waals surface area contributed by atoms with Gasteiger partial charge in [-0.2, -0.15) is 5.26 Å². The van der Waals surface area contributed by atoms with E-state index >= 15 is 0 Å². The Hall–Kier alpha value is -5.64. The number of aliphatic hydroxyl groups is 1. The molecule has 3 aliphatic heterocycles. The summed E-state index contributed by atoms with van der Waals surface area (Å²) in [7, 11) is 0. The van der Waals surface area contributed by atoms with Crippen LogP contribution in [0.1, 0.15) is 108 Å². The zero-order chi connectivity index (χ0) is 53.3. The lowest BCUT2D eigenvalue weighted by atomic mass is 9.49. The Morgan fingerprint density at radius 1 is 0.932 bits per heavy atom. The highest BCUT2D eigenvalue weighted by molar-refractivity contribution is 7.13. The molecule has 396 valence electrons. The van der Waals surface area contributed by atoms with Gasteiger partial charge in [-0.05, 0) is 73.4 Å². The summed E-state index contributed by atoms with van der Waals surface area (Å²) in [5.74, 6) is 0.833. The number of rotatable bonds is 15. The fraction of sp³-hybridized carbons (Fsp3) is 0.554. The van der Waals surface area contributed by atoms with Crippen LogP contribution in [0.4, 0.5) is 5.82 Å². The number of hydrogen-bond donors (Lipinski definition) is 4. The van der Waals surface area contributed by atoms with Crippen molar-refractivity contribution in [3.63, 3.8) is 0 Å². The molecule has 4 aromatic rings. The van der Waals surface area contributed by atoms with Gasteiger partial charge in [0, 0.05) is 87.9 Å². The first-order valence-electron chi connectivity index (χ1n) is 25.9. The molecular weight excluding hydrogens is 976 g/mol. The molecule has 4 N–H and O–H groups in total. The van der Waals surface area contributed by atoms with Crippen LogP contribution in [0, 0.1) is 40.4 Å². The molecule has 74 heavy (non-hydrogen) atoms. The minimum absolute atomic E-state index is 0.0139. The van der Waals surface area contributed by atoms with Gasteiger partial charge < -0.3 is 40.5 Å². The molecule has 4 amide bonds. The lowest BCUT2D eigenvalue weighted by Crippen LogP contribution is -2.74. The minimum Gasteiger partial charge on any atom is -0.489 e. The van der Waals surface area contributed by atoms with Crippen LogP contribution in [0.15, 0.2) is 66.3 Å². The lowest BCUT2D eigenvalue weighted by molar-refractivity contribution is -0.164. The second-order valence-corrected chi connectivity index (χ2v) is 24.4. The van der Waals surface area contributed by atoms with Gasteiger partial charge in [0.2, 0.25) is 17.7 Å². The number of anilines is 1. The van der Waals surface area contributed by atoms with E-state index in [1.165, 1.54) is 4.90 Å². The van der Waals surface area contributed by atoms with Gasteiger partial charge in [0.15, 0.2) is 0 Å². The number of aromatic nitrogens is 2. The van der Waals surface area contributed by atoms with Crippen LogP contribution >= 0.6 is 22.9 Å². The number of amides is 4. The maximum absolute atomic E-state index is 14.3. The summed E-state index contributed by atoms with van der Waals surface area (Å²) in [5, 5.41) is 29.7. The number of nitriles is 1. The molecule has 0 radical (unpaired) electrons. The summed E-state index contributed by atoms with van der Waals surface area (Å²) in [5.41, 5.74) is 4.25. The Morgan fingerprint density at radius 2 is 1.61 bits per heavy atom. The third-order valence-corrected chi connectivity index (χ3v) is 17.1. The zero-order valence-electron chi connectivity index (χ0n) is 44.3. The Labute approximate surface area is 445 Å². The molecule has 8 rings (SSSR count). The number of ether oxygens (including phenoxy) is 1. The van der Waals surface area contributed by atoms with Crippen molar-refractivity contribution in [2.75, 3.05) is 63.8 Å². The predicted octanol–water partition coefficient (Wildman–Crippen LogP) is 6.85. The van der Waals surface area contributed by atoms with E-state index < -0.39 is 23.6 Å². The molecule has 4 fully saturated rings. The van der Waals surface area contributed by atoms with E-state index in [1.807, 2.05) is 76.5 Å². The summed E-state index contributed by atoms with van der Waals surface area (Å²) in [6, 6.07) is 16.7. The molecule has 5 heterocycles. The van der Waals surface area contributed by atoms with E-state index in [1.54, 1.807) is 35.7 Å². The number of thiazole rings is 1. The van der Waals surface area contributed by atoms with E-state index in [-0.39, 0.29) is 72.2 Å². The number of hydrogen-bond acceptors (Lipinski definition) is 13. The van der Waals surface area contributed by atoms with Crippen molar-refractivity contribution in [1.29, 1.82) is 5.26 Å². The second-order valence-electron chi connectivity index (χ2n) is 23.1. The van der Waals surface area contributed by atoms with Gasteiger partial charge in [-0.25, -0.2) is 9.97 Å². The van der Waals surface area contributed by atoms with Crippen LogP contribution in [0.3, 0.4) is 0 Å². The van der Waals surface area contributed by atoms with Gasteiger partial charge in [-0.3, -0.25) is 24.1 Å². The predicted molar refractivity (Wildman–Crippen MR) is 288 cm³/mol. The van der Waals surface area contributed by atoms with Crippen molar-refractivity contribution in [1.82, 2.24) is 40.6 Å². The number of pyridine rings is 1.